The van der Waals surface area contributed by atoms with Crippen LogP contribution in [0.2, 0.25) is 20.1 Å². The second-order valence-electron chi connectivity index (χ2n) is 7.52. The maximum atomic E-state index is 12.1. The summed E-state index contributed by atoms with van der Waals surface area (Å²) in [4.78, 5) is 24.3. The highest BCUT2D eigenvalue weighted by atomic mass is 35.5. The minimum absolute atomic E-state index is 0.231. The van der Waals surface area contributed by atoms with Crippen LogP contribution >= 0.6 is 46.4 Å². The van der Waals surface area contributed by atoms with Crippen LogP contribution in [-0.4, -0.2) is 11.9 Å². The second kappa shape index (κ2) is 11.6. The lowest BCUT2D eigenvalue weighted by Crippen LogP contribution is -2.04. The number of benzene rings is 4. The lowest BCUT2D eigenvalue weighted by Gasteiger charge is -2.05. The number of rotatable bonds is 6. The van der Waals surface area contributed by atoms with E-state index in [1.165, 1.54) is 36.4 Å². The zero-order valence-electron chi connectivity index (χ0n) is 18.4. The summed E-state index contributed by atoms with van der Waals surface area (Å²) >= 11 is 23.8. The normalized spacial score (nSPS) is 11.3. The first-order valence-electron chi connectivity index (χ1n) is 10.5. The van der Waals surface area contributed by atoms with Gasteiger partial charge in [-0.05, 0) is 82.6 Å². The van der Waals surface area contributed by atoms with Crippen LogP contribution in [0.4, 0.5) is 0 Å². The molecule has 0 spiro atoms. The van der Waals surface area contributed by atoms with Crippen LogP contribution < -0.4 is 9.47 Å². The molecule has 0 aliphatic rings. The topological polar surface area (TPSA) is 52.6 Å². The fraction of sp³-hybridized carbons (Fsp3) is 0. The lowest BCUT2D eigenvalue weighted by atomic mass is 10.0. The van der Waals surface area contributed by atoms with Crippen molar-refractivity contribution in [2.75, 3.05) is 0 Å². The standard InChI is InChI=1S/C28H16Cl4O4/c29-21-7-9-25(23(31)15-21)35-27(33)11-3-17-1-5-19-14-18(2-6-20(19)13-17)4-12-28(34)36-26-10-8-22(30)16-24(26)32/h1-16H/b11-3+,12-4+. The van der Waals surface area contributed by atoms with Crippen molar-refractivity contribution in [2.45, 2.75) is 0 Å². The maximum Gasteiger partial charge on any atom is 0.336 e. The molecule has 0 aromatic heterocycles. The number of carbonyl (C=O) groups is 2. The molecule has 36 heavy (non-hydrogen) atoms. The van der Waals surface area contributed by atoms with Crippen LogP contribution in [-0.2, 0) is 9.59 Å². The molecule has 0 amide bonds. The molecule has 0 N–H and O–H groups in total. The molecule has 0 saturated carbocycles. The highest BCUT2D eigenvalue weighted by molar-refractivity contribution is 6.36. The molecular weight excluding hydrogens is 542 g/mol. The summed E-state index contributed by atoms with van der Waals surface area (Å²) in [6.07, 6.45) is 5.94. The van der Waals surface area contributed by atoms with E-state index in [1.807, 2.05) is 36.4 Å². The Morgan fingerprint density at radius 2 is 0.972 bits per heavy atom. The van der Waals surface area contributed by atoms with Gasteiger partial charge in [0.15, 0.2) is 0 Å². The first-order valence-corrected chi connectivity index (χ1v) is 12.0. The van der Waals surface area contributed by atoms with Crippen LogP contribution in [0.15, 0.2) is 84.9 Å². The van der Waals surface area contributed by atoms with Crippen LogP contribution in [0.5, 0.6) is 11.5 Å². The van der Waals surface area contributed by atoms with Crippen molar-refractivity contribution in [2.24, 2.45) is 0 Å². The third kappa shape index (κ3) is 6.90. The SMILES string of the molecule is O=C(/C=C/c1ccc2cc(/C=C/C(=O)Oc3ccc(Cl)cc3Cl)ccc2c1)Oc1ccc(Cl)cc1Cl. The van der Waals surface area contributed by atoms with Crippen LogP contribution in [0, 0.1) is 0 Å². The van der Waals surface area contributed by atoms with Crippen molar-refractivity contribution in [3.05, 3.63) is 116 Å². The molecule has 4 aromatic carbocycles. The number of esters is 2. The van der Waals surface area contributed by atoms with Gasteiger partial charge in [-0.1, -0.05) is 70.7 Å². The van der Waals surface area contributed by atoms with Crippen molar-refractivity contribution in [1.29, 1.82) is 0 Å². The van der Waals surface area contributed by atoms with Gasteiger partial charge < -0.3 is 9.47 Å². The van der Waals surface area contributed by atoms with E-state index in [2.05, 4.69) is 0 Å². The van der Waals surface area contributed by atoms with Crippen LogP contribution in [0.3, 0.4) is 0 Å². The Morgan fingerprint density at radius 3 is 1.36 bits per heavy atom. The minimum atomic E-state index is -0.563. The molecule has 0 unspecified atom stereocenters. The molecule has 0 saturated heterocycles. The van der Waals surface area contributed by atoms with Gasteiger partial charge in [-0.15, -0.1) is 0 Å². The number of fused-ring (bicyclic) bond motifs is 1. The highest BCUT2D eigenvalue weighted by Gasteiger charge is 2.08. The Kier molecular flexibility index (Phi) is 8.34. The number of carbonyl (C=O) groups excluding carboxylic acids is 2. The summed E-state index contributed by atoms with van der Waals surface area (Å²) in [5.41, 5.74) is 1.63. The monoisotopic (exact) mass is 556 g/mol. The Hall–Kier alpha value is -3.28. The van der Waals surface area contributed by atoms with E-state index < -0.39 is 11.9 Å². The third-order valence-corrected chi connectivity index (χ3v) is 5.98. The van der Waals surface area contributed by atoms with Gasteiger partial charge in [-0.25, -0.2) is 9.59 Å². The molecule has 4 nitrogen and oxygen atoms in total. The van der Waals surface area contributed by atoms with Gasteiger partial charge in [0, 0.05) is 22.2 Å². The molecule has 0 radical (unpaired) electrons. The zero-order chi connectivity index (χ0) is 25.7. The predicted octanol–water partition coefficient (Wildman–Crippen LogP) is 8.69. The van der Waals surface area contributed by atoms with E-state index in [9.17, 15) is 9.59 Å². The summed E-state index contributed by atoms with van der Waals surface area (Å²) in [7, 11) is 0. The van der Waals surface area contributed by atoms with Crippen LogP contribution in [0.25, 0.3) is 22.9 Å². The van der Waals surface area contributed by atoms with Gasteiger partial charge in [0.05, 0.1) is 10.0 Å². The second-order valence-corrected chi connectivity index (χ2v) is 9.21. The van der Waals surface area contributed by atoms with Crippen LogP contribution in [0.1, 0.15) is 11.1 Å². The van der Waals surface area contributed by atoms with E-state index in [0.717, 1.165) is 21.9 Å². The smallest absolute Gasteiger partial charge is 0.336 e. The number of ether oxygens (including phenoxy) is 2. The van der Waals surface area contributed by atoms with Crippen molar-refractivity contribution in [3.8, 4) is 11.5 Å². The Bertz CT molecular complexity index is 1410. The molecular formula is C28H16Cl4O4. The van der Waals surface area contributed by atoms with Gasteiger partial charge in [0.1, 0.15) is 11.5 Å². The molecule has 0 bridgehead atoms. The lowest BCUT2D eigenvalue weighted by molar-refractivity contribution is -0.129. The summed E-state index contributed by atoms with van der Waals surface area (Å²) in [5, 5.41) is 3.32. The maximum absolute atomic E-state index is 12.1. The van der Waals surface area contributed by atoms with Gasteiger partial charge >= 0.3 is 11.9 Å². The number of halogens is 4. The molecule has 8 heteroatoms. The van der Waals surface area contributed by atoms with E-state index in [4.69, 9.17) is 55.9 Å². The molecule has 4 rings (SSSR count). The van der Waals surface area contributed by atoms with E-state index in [1.54, 1.807) is 24.3 Å². The summed E-state index contributed by atoms with van der Waals surface area (Å²) in [6.45, 7) is 0. The molecule has 0 heterocycles. The summed E-state index contributed by atoms with van der Waals surface area (Å²) in [6, 6.07) is 20.7. The molecule has 0 fully saturated rings. The van der Waals surface area contributed by atoms with Gasteiger partial charge in [0.25, 0.3) is 0 Å². The highest BCUT2D eigenvalue weighted by Crippen LogP contribution is 2.29. The Morgan fingerprint density at radius 1 is 0.556 bits per heavy atom. The van der Waals surface area contributed by atoms with Crippen molar-refractivity contribution in [3.63, 3.8) is 0 Å². The molecule has 180 valence electrons. The molecule has 0 aliphatic heterocycles. The first kappa shape index (κ1) is 25.8. The van der Waals surface area contributed by atoms with Gasteiger partial charge in [-0.2, -0.15) is 0 Å². The summed E-state index contributed by atoms with van der Waals surface area (Å²) in [5.74, 6) is -0.664. The molecule has 4 aromatic rings. The van der Waals surface area contributed by atoms with Crippen molar-refractivity contribution < 1.29 is 19.1 Å². The number of hydrogen-bond donors (Lipinski definition) is 0. The summed E-state index contributed by atoms with van der Waals surface area (Å²) < 4.78 is 10.5. The van der Waals surface area contributed by atoms with Gasteiger partial charge in [0.2, 0.25) is 0 Å². The van der Waals surface area contributed by atoms with Gasteiger partial charge in [-0.3, -0.25) is 0 Å². The zero-order valence-corrected chi connectivity index (χ0v) is 21.4. The average Bonchev–Trinajstić information content (AvgIpc) is 2.85. The number of hydrogen-bond acceptors (Lipinski definition) is 4. The average molecular weight is 558 g/mol. The first-order chi connectivity index (χ1) is 17.3. The molecule has 0 aliphatic carbocycles. The fourth-order valence-corrected chi connectivity index (χ4v) is 4.11. The molecule has 0 atom stereocenters. The van der Waals surface area contributed by atoms with E-state index >= 15 is 0 Å². The van der Waals surface area contributed by atoms with Crippen molar-refractivity contribution in [1.82, 2.24) is 0 Å². The predicted molar refractivity (Wildman–Crippen MR) is 146 cm³/mol. The Balaban J connectivity index is 1.40. The Labute approximate surface area is 227 Å². The minimum Gasteiger partial charge on any atom is -0.422 e. The quantitative estimate of drug-likeness (QED) is 0.135. The third-order valence-electron chi connectivity index (χ3n) is 4.92. The van der Waals surface area contributed by atoms with E-state index in [0.29, 0.717) is 10.0 Å². The van der Waals surface area contributed by atoms with Crippen molar-refractivity contribution >= 4 is 81.3 Å². The van der Waals surface area contributed by atoms with E-state index in [-0.39, 0.29) is 21.5 Å². The fourth-order valence-electron chi connectivity index (χ4n) is 3.22. The largest absolute Gasteiger partial charge is 0.422 e.